The van der Waals surface area contributed by atoms with Gasteiger partial charge in [0.15, 0.2) is 0 Å². The normalized spacial score (nSPS) is 24.1. The Hall–Kier alpha value is -1.46. The Labute approximate surface area is 171 Å². The molecule has 2 atom stereocenters. The van der Waals surface area contributed by atoms with Crippen LogP contribution in [0.2, 0.25) is 0 Å². The molecule has 0 spiro atoms. The van der Waals surface area contributed by atoms with Crippen molar-refractivity contribution in [1.29, 1.82) is 0 Å². The summed E-state index contributed by atoms with van der Waals surface area (Å²) >= 11 is 0. The van der Waals surface area contributed by atoms with Crippen molar-refractivity contribution in [2.45, 2.75) is 86.2 Å². The van der Waals surface area contributed by atoms with E-state index in [1.54, 1.807) is 11.9 Å². The van der Waals surface area contributed by atoms with Crippen LogP contribution in [-0.2, 0) is 9.47 Å². The monoisotopic (exact) mass is 398 g/mol. The molecule has 0 aromatic rings. The van der Waals surface area contributed by atoms with Crippen LogP contribution in [0.15, 0.2) is 0 Å². The lowest BCUT2D eigenvalue weighted by Gasteiger charge is -2.51. The Kier molecular flexibility index (Phi) is 9.09. The molecule has 0 heterocycles. The highest BCUT2D eigenvalue weighted by atomic mass is 16.6. The lowest BCUT2D eigenvalue weighted by Crippen LogP contribution is -2.65. The number of ether oxygens (including phenoxy) is 2. The third-order valence-corrected chi connectivity index (χ3v) is 5.46. The van der Waals surface area contributed by atoms with E-state index in [2.05, 4.69) is 53.8 Å². The second-order valence-electron chi connectivity index (χ2n) is 10.2. The number of alkyl carbamates (subject to hydrolysis) is 1. The molecule has 0 bridgehead atoms. The number of hydrogen-bond acceptors (Lipinski definition) is 4. The Morgan fingerprint density at radius 2 is 1.57 bits per heavy atom. The zero-order valence-corrected chi connectivity index (χ0v) is 19.3. The van der Waals surface area contributed by atoms with Crippen molar-refractivity contribution in [3.63, 3.8) is 0 Å². The molecule has 2 unspecified atom stereocenters. The van der Waals surface area contributed by atoms with Crippen LogP contribution in [0.1, 0.15) is 80.6 Å². The summed E-state index contributed by atoms with van der Waals surface area (Å²) in [6.07, 6.45) is 3.18. The quantitative estimate of drug-likeness (QED) is 0.555. The largest absolute Gasteiger partial charge is 0.450 e. The molecule has 0 aromatic carbocycles. The zero-order valence-electron chi connectivity index (χ0n) is 19.3. The molecule has 1 rings (SSSR count). The van der Waals surface area contributed by atoms with Gasteiger partial charge in [0.25, 0.3) is 0 Å². The van der Waals surface area contributed by atoms with Crippen molar-refractivity contribution in [2.24, 2.45) is 23.2 Å². The maximum atomic E-state index is 12.7. The summed E-state index contributed by atoms with van der Waals surface area (Å²) in [4.78, 5) is 26.9. The van der Waals surface area contributed by atoms with Gasteiger partial charge in [-0.3, -0.25) is 10.2 Å². The van der Waals surface area contributed by atoms with Gasteiger partial charge in [0.05, 0.1) is 13.2 Å². The second kappa shape index (κ2) is 10.4. The molecule has 1 saturated carbocycles. The van der Waals surface area contributed by atoms with Crippen LogP contribution in [0.4, 0.5) is 9.59 Å². The molecule has 2 amide bonds. The minimum absolute atomic E-state index is 0.00461. The van der Waals surface area contributed by atoms with Crippen molar-refractivity contribution >= 4 is 12.2 Å². The molecule has 0 aliphatic heterocycles. The van der Waals surface area contributed by atoms with E-state index in [-0.39, 0.29) is 5.41 Å². The van der Waals surface area contributed by atoms with Gasteiger partial charge in [-0.15, -0.1) is 0 Å². The smallest absolute Gasteiger partial charge is 0.411 e. The zero-order chi connectivity index (χ0) is 21.5. The van der Waals surface area contributed by atoms with Crippen molar-refractivity contribution < 1.29 is 19.1 Å². The number of hydrogen-bond donors (Lipinski definition) is 1. The number of nitrogens with zero attached hydrogens (tertiary/aromatic N) is 1. The fraction of sp³-hybridized carbons (Fsp3) is 0.909. The van der Waals surface area contributed by atoms with Crippen LogP contribution in [0, 0.1) is 23.2 Å². The first-order chi connectivity index (χ1) is 12.9. The van der Waals surface area contributed by atoms with Gasteiger partial charge >= 0.3 is 12.2 Å². The summed E-state index contributed by atoms with van der Waals surface area (Å²) in [5.41, 5.74) is -0.805. The van der Waals surface area contributed by atoms with Gasteiger partial charge in [-0.25, -0.2) is 9.59 Å². The molecule has 0 saturated heterocycles. The van der Waals surface area contributed by atoms with E-state index >= 15 is 0 Å². The summed E-state index contributed by atoms with van der Waals surface area (Å²) in [5.74, 6) is 1.30. The highest BCUT2D eigenvalue weighted by molar-refractivity contribution is 5.72. The minimum Gasteiger partial charge on any atom is -0.450 e. The Balaban J connectivity index is 2.91. The molecule has 164 valence electrons. The Morgan fingerprint density at radius 3 is 2.07 bits per heavy atom. The fourth-order valence-corrected chi connectivity index (χ4v) is 4.23. The Morgan fingerprint density at radius 1 is 1.04 bits per heavy atom. The van der Waals surface area contributed by atoms with Gasteiger partial charge in [-0.1, -0.05) is 48.5 Å². The molecule has 1 aliphatic rings. The molecule has 1 fully saturated rings. The van der Waals surface area contributed by atoms with Gasteiger partial charge in [-0.05, 0) is 55.3 Å². The van der Waals surface area contributed by atoms with Crippen LogP contribution in [0.5, 0.6) is 0 Å². The first-order valence-corrected chi connectivity index (χ1v) is 10.7. The minimum atomic E-state index is -0.801. The van der Waals surface area contributed by atoms with Gasteiger partial charge in [0, 0.05) is 7.05 Å². The lowest BCUT2D eigenvalue weighted by atomic mass is 9.67. The van der Waals surface area contributed by atoms with E-state index in [1.807, 2.05) is 0 Å². The van der Waals surface area contributed by atoms with Gasteiger partial charge in [-0.2, -0.15) is 0 Å². The van der Waals surface area contributed by atoms with Crippen LogP contribution in [-0.4, -0.2) is 43.0 Å². The van der Waals surface area contributed by atoms with E-state index in [0.29, 0.717) is 43.8 Å². The van der Waals surface area contributed by atoms with E-state index in [9.17, 15) is 9.59 Å². The molecule has 6 nitrogen and oxygen atoms in total. The summed E-state index contributed by atoms with van der Waals surface area (Å²) < 4.78 is 10.9. The molecule has 28 heavy (non-hydrogen) atoms. The van der Waals surface area contributed by atoms with Gasteiger partial charge in [0.1, 0.15) is 5.66 Å². The number of amides is 2. The summed E-state index contributed by atoms with van der Waals surface area (Å²) in [6.45, 7) is 15.7. The maximum Gasteiger partial charge on any atom is 0.411 e. The summed E-state index contributed by atoms with van der Waals surface area (Å²) in [6, 6.07) is 0. The van der Waals surface area contributed by atoms with E-state index in [4.69, 9.17) is 9.47 Å². The first kappa shape index (κ1) is 24.6. The van der Waals surface area contributed by atoms with Crippen LogP contribution in [0.3, 0.4) is 0 Å². The molecular weight excluding hydrogens is 356 g/mol. The molecule has 1 N–H and O–H groups in total. The highest BCUT2D eigenvalue weighted by Gasteiger charge is 2.49. The van der Waals surface area contributed by atoms with Crippen LogP contribution in [0.25, 0.3) is 0 Å². The summed E-state index contributed by atoms with van der Waals surface area (Å²) in [7, 11) is 1.72. The van der Waals surface area contributed by atoms with E-state index < -0.39 is 17.8 Å². The standard InChI is InChI=1S/C22H42N2O4/c1-16(2)9-11-27-19(25)23-22(14-18(5)13-21(6,7)15-22)24(8)20(26)28-12-10-17(3)4/h16-18H,9-15H2,1-8H3,(H,23,25). The van der Waals surface area contributed by atoms with Crippen LogP contribution < -0.4 is 5.32 Å². The van der Waals surface area contributed by atoms with Crippen molar-refractivity contribution in [3.8, 4) is 0 Å². The second-order valence-corrected chi connectivity index (χ2v) is 10.2. The maximum absolute atomic E-state index is 12.7. The van der Waals surface area contributed by atoms with Crippen molar-refractivity contribution in [1.82, 2.24) is 10.2 Å². The molecule has 1 aliphatic carbocycles. The molecular formula is C22H42N2O4. The predicted octanol–water partition coefficient (Wildman–Crippen LogP) is 5.42. The van der Waals surface area contributed by atoms with E-state index in [0.717, 1.165) is 19.3 Å². The summed E-state index contributed by atoms with van der Waals surface area (Å²) in [5, 5.41) is 3.04. The van der Waals surface area contributed by atoms with Crippen molar-refractivity contribution in [3.05, 3.63) is 0 Å². The van der Waals surface area contributed by atoms with Gasteiger partial charge in [0.2, 0.25) is 0 Å². The third-order valence-electron chi connectivity index (χ3n) is 5.46. The number of nitrogens with one attached hydrogen (secondary N) is 1. The molecule has 6 heteroatoms. The Bertz CT molecular complexity index is 519. The predicted molar refractivity (Wildman–Crippen MR) is 112 cm³/mol. The topological polar surface area (TPSA) is 67.9 Å². The number of carbonyl (C=O) groups excluding carboxylic acids is 2. The fourth-order valence-electron chi connectivity index (χ4n) is 4.23. The first-order valence-electron chi connectivity index (χ1n) is 10.7. The van der Waals surface area contributed by atoms with E-state index in [1.165, 1.54) is 0 Å². The average Bonchev–Trinajstić information content (AvgIpc) is 2.51. The molecule has 0 aromatic heterocycles. The van der Waals surface area contributed by atoms with Crippen LogP contribution >= 0.6 is 0 Å². The SMILES string of the molecule is CC(C)CCOC(=O)NC1(N(C)C(=O)OCCC(C)C)CC(C)CC(C)(C)C1. The lowest BCUT2D eigenvalue weighted by molar-refractivity contribution is -0.0247. The van der Waals surface area contributed by atoms with Gasteiger partial charge < -0.3 is 9.47 Å². The third kappa shape index (κ3) is 7.88. The average molecular weight is 399 g/mol. The molecule has 0 radical (unpaired) electrons. The number of carbonyl (C=O) groups is 2. The number of rotatable bonds is 8. The van der Waals surface area contributed by atoms with Crippen molar-refractivity contribution in [2.75, 3.05) is 20.3 Å². The highest BCUT2D eigenvalue weighted by Crippen LogP contribution is 2.45.